The molecular weight excluding hydrogens is 384 g/mol. The second kappa shape index (κ2) is 9.19. The molecule has 2 heterocycles. The summed E-state index contributed by atoms with van der Waals surface area (Å²) >= 11 is 0. The molecule has 0 spiro atoms. The van der Waals surface area contributed by atoms with E-state index in [1.807, 2.05) is 24.1 Å². The van der Waals surface area contributed by atoms with Crippen LogP contribution < -0.4 is 0 Å². The van der Waals surface area contributed by atoms with Gasteiger partial charge in [0.1, 0.15) is 0 Å². The SMILES string of the molecule is CCOC(C)(c1ccc(-c2ccc3cccnc3c2)cc1)C1CCN(C(=O)CC)CC1. The number of hydrogen-bond acceptors (Lipinski definition) is 3. The minimum atomic E-state index is -0.348. The molecular formula is C27H32N2O2. The number of likely N-dealkylation sites (tertiary alicyclic amines) is 1. The van der Waals surface area contributed by atoms with Crippen molar-refractivity contribution in [1.29, 1.82) is 0 Å². The summed E-state index contributed by atoms with van der Waals surface area (Å²) in [4.78, 5) is 18.5. The number of carbonyl (C=O) groups excluding carboxylic acids is 1. The fraction of sp³-hybridized carbons (Fsp3) is 0.407. The minimum absolute atomic E-state index is 0.255. The number of benzene rings is 2. The molecule has 4 heteroatoms. The smallest absolute Gasteiger partial charge is 0.222 e. The Kier molecular flexibility index (Phi) is 6.38. The Morgan fingerprint density at radius 2 is 1.77 bits per heavy atom. The Labute approximate surface area is 185 Å². The van der Waals surface area contributed by atoms with E-state index in [-0.39, 0.29) is 11.5 Å². The summed E-state index contributed by atoms with van der Waals surface area (Å²) in [5.74, 6) is 0.648. The standard InChI is InChI=1S/C27H32N2O2/c1-4-26(30)29-17-14-24(15-18-29)27(3,31-5-2)23-12-10-20(11-13-23)22-9-8-21-7-6-16-28-25(21)19-22/h6-13,16,19,24H,4-5,14-15,17-18H2,1-3H3. The Bertz CT molecular complexity index is 1040. The number of hydrogen-bond donors (Lipinski definition) is 0. The maximum Gasteiger partial charge on any atom is 0.222 e. The molecule has 4 nitrogen and oxygen atoms in total. The zero-order valence-corrected chi connectivity index (χ0v) is 18.8. The van der Waals surface area contributed by atoms with Crippen LogP contribution in [0.2, 0.25) is 0 Å². The predicted octanol–water partition coefficient (Wildman–Crippen LogP) is 5.80. The highest BCUT2D eigenvalue weighted by Gasteiger charge is 2.39. The van der Waals surface area contributed by atoms with Gasteiger partial charge in [-0.1, -0.05) is 49.4 Å². The van der Waals surface area contributed by atoms with Crippen molar-refractivity contribution in [2.24, 2.45) is 5.92 Å². The minimum Gasteiger partial charge on any atom is -0.371 e. The van der Waals surface area contributed by atoms with Gasteiger partial charge in [0, 0.05) is 37.7 Å². The first-order valence-electron chi connectivity index (χ1n) is 11.4. The zero-order valence-electron chi connectivity index (χ0n) is 18.8. The van der Waals surface area contributed by atoms with E-state index in [1.54, 1.807) is 0 Å². The average Bonchev–Trinajstić information content (AvgIpc) is 2.83. The Morgan fingerprint density at radius 1 is 1.06 bits per heavy atom. The van der Waals surface area contributed by atoms with Crippen LogP contribution in [0.4, 0.5) is 0 Å². The zero-order chi connectivity index (χ0) is 21.8. The predicted molar refractivity (Wildman–Crippen MR) is 126 cm³/mol. The molecule has 2 aromatic carbocycles. The third kappa shape index (κ3) is 4.35. The number of nitrogens with zero attached hydrogens (tertiary/aromatic N) is 2. The van der Waals surface area contributed by atoms with E-state index < -0.39 is 0 Å². The van der Waals surface area contributed by atoms with E-state index in [0.717, 1.165) is 36.8 Å². The molecule has 4 rings (SSSR count). The highest BCUT2D eigenvalue weighted by molar-refractivity contribution is 5.84. The van der Waals surface area contributed by atoms with Crippen LogP contribution in [0.25, 0.3) is 22.0 Å². The third-order valence-corrected chi connectivity index (χ3v) is 6.77. The van der Waals surface area contributed by atoms with E-state index in [9.17, 15) is 4.79 Å². The summed E-state index contributed by atoms with van der Waals surface area (Å²) in [6.07, 6.45) is 4.36. The van der Waals surface area contributed by atoms with E-state index in [4.69, 9.17) is 4.74 Å². The topological polar surface area (TPSA) is 42.4 Å². The normalized spacial score (nSPS) is 16.9. The maximum atomic E-state index is 12.1. The van der Waals surface area contributed by atoms with Crippen LogP contribution >= 0.6 is 0 Å². The molecule has 0 bridgehead atoms. The van der Waals surface area contributed by atoms with Crippen molar-refractivity contribution in [3.8, 4) is 11.1 Å². The van der Waals surface area contributed by atoms with Gasteiger partial charge in [-0.15, -0.1) is 0 Å². The highest BCUT2D eigenvalue weighted by atomic mass is 16.5. The molecule has 0 saturated carbocycles. The van der Waals surface area contributed by atoms with Gasteiger partial charge in [-0.05, 0) is 61.4 Å². The van der Waals surface area contributed by atoms with Crippen molar-refractivity contribution in [2.45, 2.75) is 45.6 Å². The molecule has 0 aliphatic carbocycles. The molecule has 1 unspecified atom stereocenters. The lowest BCUT2D eigenvalue weighted by Crippen LogP contribution is -2.45. The van der Waals surface area contributed by atoms with E-state index in [0.29, 0.717) is 18.9 Å². The number of aromatic nitrogens is 1. The second-order valence-electron chi connectivity index (χ2n) is 8.54. The van der Waals surface area contributed by atoms with Gasteiger partial charge in [-0.2, -0.15) is 0 Å². The number of pyridine rings is 1. The molecule has 31 heavy (non-hydrogen) atoms. The lowest BCUT2D eigenvalue weighted by atomic mass is 9.76. The van der Waals surface area contributed by atoms with Crippen LogP contribution in [0.5, 0.6) is 0 Å². The number of carbonyl (C=O) groups is 1. The first-order valence-corrected chi connectivity index (χ1v) is 11.4. The van der Waals surface area contributed by atoms with Crippen LogP contribution in [0.1, 0.15) is 45.6 Å². The van der Waals surface area contributed by atoms with Crippen molar-refractivity contribution in [1.82, 2.24) is 9.88 Å². The summed E-state index contributed by atoms with van der Waals surface area (Å²) in [5.41, 5.74) is 4.22. The number of amides is 1. The monoisotopic (exact) mass is 416 g/mol. The van der Waals surface area contributed by atoms with Gasteiger partial charge in [0.2, 0.25) is 5.91 Å². The first-order chi connectivity index (χ1) is 15.0. The van der Waals surface area contributed by atoms with Crippen molar-refractivity contribution < 1.29 is 9.53 Å². The molecule has 0 N–H and O–H groups in total. The van der Waals surface area contributed by atoms with Crippen LogP contribution in [0, 0.1) is 5.92 Å². The van der Waals surface area contributed by atoms with Gasteiger partial charge >= 0.3 is 0 Å². The molecule has 1 fully saturated rings. The fourth-order valence-corrected chi connectivity index (χ4v) is 4.88. The molecule has 1 saturated heterocycles. The molecule has 162 valence electrons. The quantitative estimate of drug-likeness (QED) is 0.510. The lowest BCUT2D eigenvalue weighted by molar-refractivity contribution is -0.136. The molecule has 0 radical (unpaired) electrons. The average molecular weight is 417 g/mol. The maximum absolute atomic E-state index is 12.1. The van der Waals surface area contributed by atoms with Crippen molar-refractivity contribution in [3.05, 3.63) is 66.4 Å². The number of piperidine rings is 1. The van der Waals surface area contributed by atoms with E-state index in [1.165, 1.54) is 16.7 Å². The largest absolute Gasteiger partial charge is 0.371 e. The van der Waals surface area contributed by atoms with Gasteiger partial charge in [-0.25, -0.2) is 0 Å². The first kappa shape index (κ1) is 21.5. The second-order valence-corrected chi connectivity index (χ2v) is 8.54. The van der Waals surface area contributed by atoms with Crippen molar-refractivity contribution in [2.75, 3.05) is 19.7 Å². The van der Waals surface area contributed by atoms with Gasteiger partial charge < -0.3 is 9.64 Å². The van der Waals surface area contributed by atoms with E-state index in [2.05, 4.69) is 67.4 Å². The Morgan fingerprint density at radius 3 is 2.45 bits per heavy atom. The molecule has 1 aliphatic heterocycles. The van der Waals surface area contributed by atoms with Crippen LogP contribution in [-0.4, -0.2) is 35.5 Å². The number of ether oxygens (including phenoxy) is 1. The number of fused-ring (bicyclic) bond motifs is 1. The summed E-state index contributed by atoms with van der Waals surface area (Å²) < 4.78 is 6.37. The Balaban J connectivity index is 1.56. The summed E-state index contributed by atoms with van der Waals surface area (Å²) in [6, 6.07) is 19.3. The van der Waals surface area contributed by atoms with Crippen molar-refractivity contribution >= 4 is 16.8 Å². The van der Waals surface area contributed by atoms with Gasteiger partial charge in [-0.3, -0.25) is 9.78 Å². The molecule has 3 aromatic rings. The summed E-state index contributed by atoms with van der Waals surface area (Å²) in [5, 5.41) is 1.15. The third-order valence-electron chi connectivity index (χ3n) is 6.77. The molecule has 1 atom stereocenters. The molecule has 1 aliphatic rings. The van der Waals surface area contributed by atoms with Gasteiger partial charge in [0.05, 0.1) is 11.1 Å². The number of rotatable bonds is 6. The van der Waals surface area contributed by atoms with E-state index >= 15 is 0 Å². The highest BCUT2D eigenvalue weighted by Crippen LogP contribution is 2.40. The summed E-state index contributed by atoms with van der Waals surface area (Å²) in [6.45, 7) is 8.52. The van der Waals surface area contributed by atoms with Crippen molar-refractivity contribution in [3.63, 3.8) is 0 Å². The van der Waals surface area contributed by atoms with Crippen LogP contribution in [0.3, 0.4) is 0 Å². The lowest BCUT2D eigenvalue weighted by Gasteiger charge is -2.43. The molecule has 1 amide bonds. The van der Waals surface area contributed by atoms with Gasteiger partial charge in [0.15, 0.2) is 0 Å². The van der Waals surface area contributed by atoms with Crippen LogP contribution in [-0.2, 0) is 15.1 Å². The fourth-order valence-electron chi connectivity index (χ4n) is 4.88. The Hall–Kier alpha value is -2.72. The van der Waals surface area contributed by atoms with Crippen LogP contribution in [0.15, 0.2) is 60.8 Å². The van der Waals surface area contributed by atoms with Gasteiger partial charge in [0.25, 0.3) is 0 Å². The summed E-state index contributed by atoms with van der Waals surface area (Å²) in [7, 11) is 0. The molecule has 1 aromatic heterocycles.